The molecule has 10 N–H and O–H groups in total. The largest absolute Gasteiger partial charge is 0.484 e. The Morgan fingerprint density at radius 3 is 1.41 bits per heavy atom. The smallest absolute Gasteiger partial charge is 0.351 e. The van der Waals surface area contributed by atoms with Crippen molar-refractivity contribution in [1.82, 2.24) is 0 Å². The van der Waals surface area contributed by atoms with Crippen LogP contribution in [0.1, 0.15) is 0 Å². The van der Waals surface area contributed by atoms with E-state index in [1.807, 2.05) is 0 Å². The highest BCUT2D eigenvalue weighted by Crippen LogP contribution is 2.36. The average molecular weight is 696 g/mol. The van der Waals surface area contributed by atoms with Crippen molar-refractivity contribution < 1.29 is 45.6 Å². The molecule has 0 fully saturated rings. The van der Waals surface area contributed by atoms with Crippen molar-refractivity contribution in [3.05, 3.63) is 99.1 Å². The van der Waals surface area contributed by atoms with Crippen LogP contribution in [0.5, 0.6) is 0 Å². The van der Waals surface area contributed by atoms with Crippen molar-refractivity contribution >= 4 is 76.0 Å². The Labute approximate surface area is 261 Å². The van der Waals surface area contributed by atoms with Crippen molar-refractivity contribution in [2.24, 2.45) is 10.3 Å². The number of nitro benzene ring substituents is 2. The van der Waals surface area contributed by atoms with Gasteiger partial charge >= 0.3 is 10.5 Å². The van der Waals surface area contributed by atoms with Crippen molar-refractivity contribution in [2.75, 3.05) is 16.0 Å². The van der Waals surface area contributed by atoms with Gasteiger partial charge in [-0.1, -0.05) is 0 Å². The summed E-state index contributed by atoms with van der Waals surface area (Å²) in [7, 11) is -12.9. The Morgan fingerprint density at radius 1 is 0.652 bits per heavy atom. The topological polar surface area (TPSA) is 317 Å². The van der Waals surface area contributed by atoms with E-state index in [1.54, 1.807) is 0 Å². The molecule has 4 aromatic rings. The molecule has 0 aliphatic heterocycles. The molecule has 0 heterocycles. The van der Waals surface area contributed by atoms with Crippen LogP contribution in [-0.4, -0.2) is 26.7 Å². The second-order valence-corrected chi connectivity index (χ2v) is 13.9. The van der Waals surface area contributed by atoms with Gasteiger partial charge in [-0.2, -0.15) is 5.90 Å². The van der Waals surface area contributed by atoms with Gasteiger partial charge in [0.15, 0.2) is 0 Å². The molecule has 19 nitrogen and oxygen atoms in total. The van der Waals surface area contributed by atoms with Gasteiger partial charge in [0.25, 0.3) is 16.3 Å². The highest BCUT2D eigenvalue weighted by molar-refractivity contribution is 7.93. The van der Waals surface area contributed by atoms with E-state index < -0.39 is 66.4 Å². The number of benzene rings is 4. The van der Waals surface area contributed by atoms with E-state index in [2.05, 4.69) is 26.1 Å². The molecule has 0 aromatic heterocycles. The summed E-state index contributed by atoms with van der Waals surface area (Å²) < 4.78 is 76.3. The molecule has 22 heteroatoms. The van der Waals surface area contributed by atoms with Gasteiger partial charge in [0.1, 0.15) is 17.1 Å². The lowest BCUT2D eigenvalue weighted by Gasteiger charge is -2.13. The van der Waals surface area contributed by atoms with E-state index in [0.717, 1.165) is 36.4 Å². The third-order valence-electron chi connectivity index (χ3n) is 6.12. The maximum absolute atomic E-state index is 12.7. The minimum atomic E-state index is -4.46. The van der Waals surface area contributed by atoms with E-state index >= 15 is 0 Å². The summed E-state index contributed by atoms with van der Waals surface area (Å²) in [6.07, 6.45) is 0. The Hall–Kier alpha value is -5.07. The zero-order valence-electron chi connectivity index (χ0n) is 23.0. The Balaban J connectivity index is 1.61. The molecular weight excluding hydrogens is 673 g/mol. The number of anilines is 6. The lowest BCUT2D eigenvalue weighted by molar-refractivity contribution is -0.637. The summed E-state index contributed by atoms with van der Waals surface area (Å²) >= 11 is 0. The molecule has 0 saturated heterocycles. The van der Waals surface area contributed by atoms with E-state index in [0.29, 0.717) is 11.4 Å². The Kier molecular flexibility index (Phi) is 9.36. The first-order chi connectivity index (χ1) is 21.4. The molecule has 4 aromatic carbocycles. The summed E-state index contributed by atoms with van der Waals surface area (Å²) in [5.74, 6) is 2.96. The average Bonchev–Trinajstić information content (AvgIpc) is 2.97. The van der Waals surface area contributed by atoms with Crippen molar-refractivity contribution in [1.29, 1.82) is 0 Å². The number of nitrogens with zero attached hydrogens (tertiary/aromatic N) is 2. The number of nitrogens with two attached hydrogens (primary N) is 2. The van der Waals surface area contributed by atoms with Crippen LogP contribution in [0, 0.1) is 20.2 Å². The number of hydrogen-bond acceptors (Lipinski definition) is 13. The monoisotopic (exact) mass is 695 g/mol. The van der Waals surface area contributed by atoms with Crippen LogP contribution in [0.25, 0.3) is 0 Å². The van der Waals surface area contributed by atoms with Gasteiger partial charge in [0, 0.05) is 35.3 Å². The second-order valence-electron chi connectivity index (χ2n) is 9.20. The van der Waals surface area contributed by atoms with Gasteiger partial charge < -0.3 is 16.0 Å². The minimum absolute atomic E-state index is 0.00297. The number of rotatable bonds is 12. The first-order valence-electron chi connectivity index (χ1n) is 12.3. The van der Waals surface area contributed by atoms with E-state index in [9.17, 15) is 45.8 Å². The normalized spacial score (nSPS) is 13.0. The molecule has 0 aliphatic carbocycles. The molecular formula is C24H23N8O11S3+2. The molecule has 241 valence electrons. The molecule has 1 radical (unpaired) electrons. The highest BCUT2D eigenvalue weighted by atomic mass is 32.3. The number of quaternary nitrogens is 1. The lowest BCUT2D eigenvalue weighted by atomic mass is 10.2. The first kappa shape index (κ1) is 33.8. The first-order valence-corrected chi connectivity index (χ1v) is 16.8. The molecule has 0 spiro atoms. The van der Waals surface area contributed by atoms with Gasteiger partial charge in [-0.3, -0.25) is 20.2 Å². The maximum atomic E-state index is 12.7. The molecule has 46 heavy (non-hydrogen) atoms. The number of hydrogen-bond donors (Lipinski definition) is 6. The van der Waals surface area contributed by atoms with Crippen LogP contribution in [0.2, 0.25) is 0 Å². The maximum Gasteiger partial charge on any atom is 0.484 e. The van der Waals surface area contributed by atoms with Crippen LogP contribution in [0.4, 0.5) is 45.5 Å². The predicted octanol–water partition coefficient (Wildman–Crippen LogP) is 2.32. The molecule has 1 unspecified atom stereocenters. The van der Waals surface area contributed by atoms with Crippen molar-refractivity contribution in [2.45, 2.75) is 14.7 Å². The quantitative estimate of drug-likeness (QED) is 0.0705. The Morgan fingerprint density at radius 2 is 1.02 bits per heavy atom. The van der Waals surface area contributed by atoms with E-state index in [1.165, 1.54) is 42.5 Å². The third kappa shape index (κ3) is 7.76. The fourth-order valence-electron chi connectivity index (χ4n) is 3.97. The minimum Gasteiger partial charge on any atom is -0.351 e. The van der Waals surface area contributed by atoms with Gasteiger partial charge in [-0.15, -0.1) is 0 Å². The summed E-state index contributed by atoms with van der Waals surface area (Å²) in [4.78, 5) is 20.1. The standard InChI is InChI=1S/C24H23N8O11S3/c25-43-46(41,42)24-11-16(30-20-10-7-18(45(27,39)40)13-23(20)32(35)36)5-8-21(24)29-15-3-1-14(2-4-15)28-19-9-6-17(44(26,37)38)12-22(19)31(33)34/h1-13,28-30H,25H3,(H2,26,37,38)(H2,27,39,40)/q+2. The molecule has 0 saturated carbocycles. The van der Waals surface area contributed by atoms with Crippen molar-refractivity contribution in [3.8, 4) is 0 Å². The highest BCUT2D eigenvalue weighted by Gasteiger charge is 2.40. The van der Waals surface area contributed by atoms with Crippen LogP contribution in [0.3, 0.4) is 0 Å². The predicted molar refractivity (Wildman–Crippen MR) is 163 cm³/mol. The van der Waals surface area contributed by atoms with Gasteiger partial charge in [-0.25, -0.2) is 27.1 Å². The van der Waals surface area contributed by atoms with Gasteiger partial charge in [0.05, 0.1) is 28.5 Å². The van der Waals surface area contributed by atoms with Crippen molar-refractivity contribution in [3.63, 3.8) is 0 Å². The number of nitrogens with one attached hydrogen (secondary N) is 3. The summed E-state index contributed by atoms with van der Waals surface area (Å²) in [6.45, 7) is 0. The summed E-state index contributed by atoms with van der Waals surface area (Å²) in [5, 5.41) is 41.5. The SMILES string of the molecule is NS(=O)(=O)c1ccc(Nc2ccc(Nc3ccc(Nc4ccc(S(N)(=O)=O)cc4[N+](=O)[O-])cc3[S+]([O])(=O)O[NH3+])cc2)c([N+](=O)[O-])c1. The number of sulfonamides is 2. The third-order valence-corrected chi connectivity index (χ3v) is 9.13. The van der Waals surface area contributed by atoms with Crippen LogP contribution < -0.4 is 32.1 Å². The van der Waals surface area contributed by atoms with Crippen LogP contribution in [-0.2, 0) is 43.6 Å². The van der Waals surface area contributed by atoms with E-state index in [4.69, 9.17) is 10.3 Å². The number of primary sulfonamides is 2. The Bertz CT molecular complexity index is 2130. The van der Waals surface area contributed by atoms with Crippen LogP contribution in [0.15, 0.2) is 93.5 Å². The van der Waals surface area contributed by atoms with Gasteiger partial charge in [-0.05, 0) is 64.9 Å². The summed E-state index contributed by atoms with van der Waals surface area (Å²) in [6, 6.07) is 15.7. The lowest BCUT2D eigenvalue weighted by Crippen LogP contribution is -2.52. The number of nitro groups is 2. The van der Waals surface area contributed by atoms with E-state index in [-0.39, 0.29) is 22.7 Å². The molecule has 0 bridgehead atoms. The zero-order chi connectivity index (χ0) is 34.0. The van der Waals surface area contributed by atoms with Gasteiger partial charge in [0.2, 0.25) is 20.0 Å². The molecule has 0 amide bonds. The fourth-order valence-corrected chi connectivity index (χ4v) is 5.82. The zero-order valence-corrected chi connectivity index (χ0v) is 25.4. The fraction of sp³-hybridized carbons (Fsp3) is 0. The molecule has 4 rings (SSSR count). The van der Waals surface area contributed by atoms with Crippen LogP contribution >= 0.6 is 0 Å². The second kappa shape index (κ2) is 12.7. The molecule has 1 atom stereocenters. The molecule has 0 aliphatic rings. The summed E-state index contributed by atoms with van der Waals surface area (Å²) in [5.41, 5.74) is -0.644.